The quantitative estimate of drug-likeness (QED) is 0.660. The Balaban J connectivity index is 2.57. The molecule has 0 spiro atoms. The number of hydrogen-bond acceptors (Lipinski definition) is 3. The minimum absolute atomic E-state index is 0.306. The van der Waals surface area contributed by atoms with Crippen molar-refractivity contribution in [3.05, 3.63) is 35.4 Å². The highest BCUT2D eigenvalue weighted by molar-refractivity contribution is 5.92. The summed E-state index contributed by atoms with van der Waals surface area (Å²) in [6.07, 6.45) is -0.514. The molecule has 1 aliphatic heterocycles. The van der Waals surface area contributed by atoms with Crippen LogP contribution < -0.4 is 0 Å². The Bertz CT molecular complexity index is 396. The predicted molar refractivity (Wildman–Crippen MR) is 55.7 cm³/mol. The summed E-state index contributed by atoms with van der Waals surface area (Å²) in [5, 5.41) is 0. The first-order valence-corrected chi connectivity index (χ1v) is 4.90. The van der Waals surface area contributed by atoms with Crippen LogP contribution in [0.4, 0.5) is 0 Å². The zero-order valence-electron chi connectivity index (χ0n) is 9.11. The number of esters is 1. The van der Waals surface area contributed by atoms with Crippen LogP contribution in [0.25, 0.3) is 0 Å². The minimum atomic E-state index is -0.514. The summed E-state index contributed by atoms with van der Waals surface area (Å²) in [6, 6.07) is 7.49. The molecule has 1 aromatic rings. The lowest BCUT2D eigenvalue weighted by molar-refractivity contribution is -0.132. The maximum absolute atomic E-state index is 11.6. The SMILES string of the molecule is COC1OC(=O)c2ccccc2C1(C)C. The Morgan fingerprint density at radius 1 is 1.33 bits per heavy atom. The first kappa shape index (κ1) is 10.2. The molecule has 0 amide bonds. The summed E-state index contributed by atoms with van der Waals surface area (Å²) in [4.78, 5) is 11.6. The lowest BCUT2D eigenvalue weighted by Crippen LogP contribution is -2.44. The second-order valence-electron chi connectivity index (χ2n) is 4.24. The number of cyclic esters (lactones) is 1. The van der Waals surface area contributed by atoms with E-state index in [9.17, 15) is 4.79 Å². The van der Waals surface area contributed by atoms with Crippen molar-refractivity contribution in [1.82, 2.24) is 0 Å². The van der Waals surface area contributed by atoms with Crippen molar-refractivity contribution >= 4 is 5.97 Å². The molecule has 0 saturated heterocycles. The van der Waals surface area contributed by atoms with Crippen LogP contribution in [0.15, 0.2) is 24.3 Å². The van der Waals surface area contributed by atoms with E-state index in [0.717, 1.165) is 5.56 Å². The van der Waals surface area contributed by atoms with E-state index in [1.807, 2.05) is 32.0 Å². The summed E-state index contributed by atoms with van der Waals surface area (Å²) in [6.45, 7) is 4.01. The van der Waals surface area contributed by atoms with Gasteiger partial charge in [-0.05, 0) is 25.5 Å². The number of carbonyl (C=O) groups is 1. The molecule has 3 heteroatoms. The summed E-state index contributed by atoms with van der Waals surface area (Å²) in [5.41, 5.74) is 1.31. The zero-order chi connectivity index (χ0) is 11.1. The topological polar surface area (TPSA) is 35.5 Å². The van der Waals surface area contributed by atoms with Gasteiger partial charge >= 0.3 is 5.97 Å². The molecule has 1 unspecified atom stereocenters. The molecule has 2 rings (SSSR count). The van der Waals surface area contributed by atoms with Crippen molar-refractivity contribution in [2.75, 3.05) is 7.11 Å². The summed E-state index contributed by atoms with van der Waals surface area (Å²) >= 11 is 0. The predicted octanol–water partition coefficient (Wildman–Crippen LogP) is 2.11. The third-order valence-electron chi connectivity index (χ3n) is 2.86. The van der Waals surface area contributed by atoms with Crippen LogP contribution in [-0.4, -0.2) is 19.4 Å². The summed E-state index contributed by atoms with van der Waals surface area (Å²) in [5.74, 6) is -0.309. The normalized spacial score (nSPS) is 23.1. The summed E-state index contributed by atoms with van der Waals surface area (Å²) in [7, 11) is 1.55. The van der Waals surface area contributed by atoms with Gasteiger partial charge in [-0.3, -0.25) is 0 Å². The van der Waals surface area contributed by atoms with Gasteiger partial charge in [0.2, 0.25) is 6.29 Å². The number of methoxy groups -OCH3 is 1. The van der Waals surface area contributed by atoms with Crippen molar-refractivity contribution in [2.45, 2.75) is 25.6 Å². The Labute approximate surface area is 89.0 Å². The molecule has 1 heterocycles. The van der Waals surface area contributed by atoms with Gasteiger partial charge in [0.15, 0.2) is 0 Å². The van der Waals surface area contributed by atoms with Gasteiger partial charge in [0.25, 0.3) is 0 Å². The highest BCUT2D eigenvalue weighted by Gasteiger charge is 2.41. The van der Waals surface area contributed by atoms with E-state index >= 15 is 0 Å². The highest BCUT2D eigenvalue weighted by Crippen LogP contribution is 2.36. The molecular formula is C12H14O3. The van der Waals surface area contributed by atoms with Crippen molar-refractivity contribution < 1.29 is 14.3 Å². The van der Waals surface area contributed by atoms with E-state index in [1.54, 1.807) is 13.2 Å². The Morgan fingerprint density at radius 3 is 2.67 bits per heavy atom. The van der Waals surface area contributed by atoms with Crippen LogP contribution in [0.5, 0.6) is 0 Å². The maximum atomic E-state index is 11.6. The van der Waals surface area contributed by atoms with Crippen molar-refractivity contribution in [3.8, 4) is 0 Å². The Kier molecular flexibility index (Phi) is 2.27. The van der Waals surface area contributed by atoms with E-state index in [2.05, 4.69) is 0 Å². The molecule has 1 atom stereocenters. The summed E-state index contributed by atoms with van der Waals surface area (Å²) < 4.78 is 10.4. The van der Waals surface area contributed by atoms with Crippen LogP contribution in [-0.2, 0) is 14.9 Å². The van der Waals surface area contributed by atoms with E-state index < -0.39 is 6.29 Å². The number of ether oxygens (including phenoxy) is 2. The Morgan fingerprint density at radius 2 is 2.00 bits per heavy atom. The Hall–Kier alpha value is -1.35. The van der Waals surface area contributed by atoms with Gasteiger partial charge in [0.05, 0.1) is 11.0 Å². The molecule has 0 aliphatic carbocycles. The van der Waals surface area contributed by atoms with Gasteiger partial charge in [0, 0.05) is 7.11 Å². The average Bonchev–Trinajstić information content (AvgIpc) is 2.24. The van der Waals surface area contributed by atoms with Crippen molar-refractivity contribution in [3.63, 3.8) is 0 Å². The minimum Gasteiger partial charge on any atom is -0.431 e. The van der Waals surface area contributed by atoms with Crippen LogP contribution >= 0.6 is 0 Å². The van der Waals surface area contributed by atoms with Crippen molar-refractivity contribution in [2.24, 2.45) is 0 Å². The standard InChI is InChI=1S/C12H14O3/c1-12(2)9-7-5-4-6-8(9)10(13)15-11(12)14-3/h4-7,11H,1-3H3. The van der Waals surface area contributed by atoms with Gasteiger partial charge in [-0.1, -0.05) is 18.2 Å². The first-order chi connectivity index (χ1) is 7.07. The van der Waals surface area contributed by atoms with Gasteiger partial charge in [-0.15, -0.1) is 0 Å². The third kappa shape index (κ3) is 1.43. The third-order valence-corrected chi connectivity index (χ3v) is 2.86. The molecule has 0 fully saturated rings. The zero-order valence-corrected chi connectivity index (χ0v) is 9.11. The highest BCUT2D eigenvalue weighted by atomic mass is 16.7. The first-order valence-electron chi connectivity index (χ1n) is 4.90. The molecule has 1 aliphatic rings. The fraction of sp³-hybridized carbons (Fsp3) is 0.417. The molecule has 0 saturated carbocycles. The monoisotopic (exact) mass is 206 g/mol. The van der Waals surface area contributed by atoms with Crippen LogP contribution in [0.3, 0.4) is 0 Å². The number of hydrogen-bond donors (Lipinski definition) is 0. The van der Waals surface area contributed by atoms with Crippen LogP contribution in [0.2, 0.25) is 0 Å². The molecule has 0 bridgehead atoms. The molecule has 80 valence electrons. The lowest BCUT2D eigenvalue weighted by Gasteiger charge is -2.37. The maximum Gasteiger partial charge on any atom is 0.340 e. The average molecular weight is 206 g/mol. The number of carbonyl (C=O) groups excluding carboxylic acids is 1. The number of fused-ring (bicyclic) bond motifs is 1. The van der Waals surface area contributed by atoms with Gasteiger partial charge in [-0.25, -0.2) is 4.79 Å². The second kappa shape index (κ2) is 3.35. The fourth-order valence-electron chi connectivity index (χ4n) is 2.00. The molecular weight excluding hydrogens is 192 g/mol. The largest absolute Gasteiger partial charge is 0.431 e. The van der Waals surface area contributed by atoms with Gasteiger partial charge < -0.3 is 9.47 Å². The van der Waals surface area contributed by atoms with E-state index in [4.69, 9.17) is 9.47 Å². The lowest BCUT2D eigenvalue weighted by atomic mass is 9.79. The van der Waals surface area contributed by atoms with Crippen molar-refractivity contribution in [1.29, 1.82) is 0 Å². The molecule has 0 N–H and O–H groups in total. The molecule has 3 nitrogen and oxygen atoms in total. The molecule has 1 aromatic carbocycles. The smallest absolute Gasteiger partial charge is 0.340 e. The van der Waals surface area contributed by atoms with Crippen LogP contribution in [0, 0.1) is 0 Å². The fourth-order valence-corrected chi connectivity index (χ4v) is 2.00. The van der Waals surface area contributed by atoms with E-state index in [0.29, 0.717) is 5.56 Å². The molecule has 0 aromatic heterocycles. The molecule has 15 heavy (non-hydrogen) atoms. The number of rotatable bonds is 1. The number of benzene rings is 1. The van der Waals surface area contributed by atoms with Crippen LogP contribution in [0.1, 0.15) is 29.8 Å². The van der Waals surface area contributed by atoms with Gasteiger partial charge in [0.1, 0.15) is 0 Å². The van der Waals surface area contributed by atoms with E-state index in [-0.39, 0.29) is 11.4 Å². The van der Waals surface area contributed by atoms with E-state index in [1.165, 1.54) is 0 Å². The second-order valence-corrected chi connectivity index (χ2v) is 4.24. The van der Waals surface area contributed by atoms with Gasteiger partial charge in [-0.2, -0.15) is 0 Å². The molecule has 0 radical (unpaired) electrons.